The van der Waals surface area contributed by atoms with E-state index in [1.807, 2.05) is 48.8 Å². The lowest BCUT2D eigenvalue weighted by atomic mass is 10.0. The van der Waals surface area contributed by atoms with Gasteiger partial charge in [-0.3, -0.25) is 4.98 Å². The molecule has 84 valence electrons. The Kier molecular flexibility index (Phi) is 2.51. The molecule has 0 N–H and O–H groups in total. The quantitative estimate of drug-likeness (QED) is 0.638. The Labute approximate surface area is 105 Å². The highest BCUT2D eigenvalue weighted by Gasteiger charge is 2.03. The number of nitriles is 1. The summed E-state index contributed by atoms with van der Waals surface area (Å²) < 4.78 is 0. The molecule has 0 radical (unpaired) electrons. The third-order valence-corrected chi connectivity index (χ3v) is 2.99. The molecule has 2 heteroatoms. The Bertz CT molecular complexity index is 732. The van der Waals surface area contributed by atoms with Crippen LogP contribution in [-0.2, 0) is 0 Å². The standard InChI is InChI=1S/C16H10N2/c17-9-12-5-7-13(8-6-12)16-11-18-10-14-3-1-2-4-15(14)16/h1-8,10-11H. The first-order valence-electron chi connectivity index (χ1n) is 5.72. The first-order chi connectivity index (χ1) is 8.88. The predicted octanol–water partition coefficient (Wildman–Crippen LogP) is 3.77. The molecular weight excluding hydrogens is 220 g/mol. The average molecular weight is 230 g/mol. The van der Waals surface area contributed by atoms with Gasteiger partial charge in [0.25, 0.3) is 0 Å². The summed E-state index contributed by atoms with van der Waals surface area (Å²) in [4.78, 5) is 4.27. The molecule has 0 aliphatic heterocycles. The summed E-state index contributed by atoms with van der Waals surface area (Å²) in [5, 5.41) is 11.1. The number of aromatic nitrogens is 1. The fourth-order valence-electron chi connectivity index (χ4n) is 2.07. The van der Waals surface area contributed by atoms with E-state index >= 15 is 0 Å². The Morgan fingerprint density at radius 2 is 1.67 bits per heavy atom. The SMILES string of the molecule is N#Cc1ccc(-c2cncc3ccccc23)cc1. The Morgan fingerprint density at radius 3 is 2.44 bits per heavy atom. The Hall–Kier alpha value is -2.66. The van der Waals surface area contributed by atoms with Crippen LogP contribution in [0.25, 0.3) is 21.9 Å². The molecule has 3 aromatic rings. The largest absolute Gasteiger partial charge is 0.263 e. The first kappa shape index (κ1) is 10.5. The molecular formula is C16H10N2. The summed E-state index contributed by atoms with van der Waals surface area (Å²) in [7, 11) is 0. The van der Waals surface area contributed by atoms with Crippen LogP contribution in [0.2, 0.25) is 0 Å². The van der Waals surface area contributed by atoms with Crippen molar-refractivity contribution in [2.24, 2.45) is 0 Å². The number of fused-ring (bicyclic) bond motifs is 1. The minimum absolute atomic E-state index is 0.673. The second-order valence-electron chi connectivity index (χ2n) is 4.10. The van der Waals surface area contributed by atoms with Crippen LogP contribution in [0.5, 0.6) is 0 Å². The smallest absolute Gasteiger partial charge is 0.0991 e. The molecule has 1 aromatic heterocycles. The highest BCUT2D eigenvalue weighted by atomic mass is 14.6. The fourth-order valence-corrected chi connectivity index (χ4v) is 2.07. The van der Waals surface area contributed by atoms with Crippen LogP contribution >= 0.6 is 0 Å². The topological polar surface area (TPSA) is 36.7 Å². The van der Waals surface area contributed by atoms with Crippen LogP contribution < -0.4 is 0 Å². The highest BCUT2D eigenvalue weighted by Crippen LogP contribution is 2.27. The van der Waals surface area contributed by atoms with E-state index in [0.29, 0.717) is 5.56 Å². The van der Waals surface area contributed by atoms with E-state index in [1.165, 1.54) is 5.39 Å². The second kappa shape index (κ2) is 4.31. The molecule has 0 atom stereocenters. The molecule has 0 unspecified atom stereocenters. The molecule has 0 bridgehead atoms. The van der Waals surface area contributed by atoms with Gasteiger partial charge in [-0.05, 0) is 23.1 Å². The van der Waals surface area contributed by atoms with Crippen LogP contribution in [0.1, 0.15) is 5.56 Å². The maximum Gasteiger partial charge on any atom is 0.0991 e. The normalized spacial score (nSPS) is 10.2. The molecule has 0 spiro atoms. The molecule has 0 saturated carbocycles. The van der Waals surface area contributed by atoms with Crippen molar-refractivity contribution in [3.63, 3.8) is 0 Å². The van der Waals surface area contributed by atoms with E-state index in [-0.39, 0.29) is 0 Å². The van der Waals surface area contributed by atoms with E-state index in [2.05, 4.69) is 23.2 Å². The number of hydrogen-bond acceptors (Lipinski definition) is 2. The molecule has 2 nitrogen and oxygen atoms in total. The van der Waals surface area contributed by atoms with Crippen molar-refractivity contribution >= 4 is 10.8 Å². The van der Waals surface area contributed by atoms with Crippen molar-refractivity contribution in [3.05, 3.63) is 66.5 Å². The lowest BCUT2D eigenvalue weighted by molar-refractivity contribution is 1.36. The molecule has 0 saturated heterocycles. The van der Waals surface area contributed by atoms with Gasteiger partial charge in [-0.15, -0.1) is 0 Å². The molecule has 1 heterocycles. The lowest BCUT2D eigenvalue weighted by Crippen LogP contribution is -1.84. The van der Waals surface area contributed by atoms with E-state index in [1.54, 1.807) is 0 Å². The lowest BCUT2D eigenvalue weighted by Gasteiger charge is -2.05. The number of nitrogens with zero attached hydrogens (tertiary/aromatic N) is 2. The Balaban J connectivity index is 2.22. The van der Waals surface area contributed by atoms with Crippen LogP contribution in [0.15, 0.2) is 60.9 Å². The molecule has 2 aromatic carbocycles. The van der Waals surface area contributed by atoms with Gasteiger partial charge in [-0.2, -0.15) is 5.26 Å². The van der Waals surface area contributed by atoms with E-state index in [0.717, 1.165) is 16.5 Å². The summed E-state index contributed by atoms with van der Waals surface area (Å²) >= 11 is 0. The van der Waals surface area contributed by atoms with Gasteiger partial charge < -0.3 is 0 Å². The summed E-state index contributed by atoms with van der Waals surface area (Å²) in [6.07, 6.45) is 3.73. The summed E-state index contributed by atoms with van der Waals surface area (Å²) in [6.45, 7) is 0. The van der Waals surface area contributed by atoms with Gasteiger partial charge in [0.2, 0.25) is 0 Å². The van der Waals surface area contributed by atoms with Crippen molar-refractivity contribution in [1.82, 2.24) is 4.98 Å². The predicted molar refractivity (Wildman–Crippen MR) is 71.9 cm³/mol. The van der Waals surface area contributed by atoms with Crippen LogP contribution in [0.4, 0.5) is 0 Å². The Morgan fingerprint density at radius 1 is 0.889 bits per heavy atom. The van der Waals surface area contributed by atoms with Crippen molar-refractivity contribution in [2.75, 3.05) is 0 Å². The zero-order chi connectivity index (χ0) is 12.4. The molecule has 0 aliphatic carbocycles. The zero-order valence-corrected chi connectivity index (χ0v) is 9.67. The highest BCUT2D eigenvalue weighted by molar-refractivity contribution is 5.95. The van der Waals surface area contributed by atoms with Crippen molar-refractivity contribution in [3.8, 4) is 17.2 Å². The van der Waals surface area contributed by atoms with Crippen molar-refractivity contribution in [1.29, 1.82) is 5.26 Å². The van der Waals surface area contributed by atoms with Gasteiger partial charge in [0.05, 0.1) is 11.6 Å². The van der Waals surface area contributed by atoms with Gasteiger partial charge in [0.15, 0.2) is 0 Å². The summed E-state index contributed by atoms with van der Waals surface area (Å²) in [5.41, 5.74) is 2.85. The molecule has 0 fully saturated rings. The third-order valence-electron chi connectivity index (χ3n) is 2.99. The number of pyridine rings is 1. The minimum atomic E-state index is 0.673. The molecule has 18 heavy (non-hydrogen) atoms. The van der Waals surface area contributed by atoms with Crippen LogP contribution in [0.3, 0.4) is 0 Å². The van der Waals surface area contributed by atoms with Crippen molar-refractivity contribution in [2.45, 2.75) is 0 Å². The van der Waals surface area contributed by atoms with Gasteiger partial charge in [0, 0.05) is 23.3 Å². The average Bonchev–Trinajstić information content (AvgIpc) is 2.47. The van der Waals surface area contributed by atoms with Gasteiger partial charge in [-0.1, -0.05) is 36.4 Å². The summed E-state index contributed by atoms with van der Waals surface area (Å²) in [5.74, 6) is 0. The third kappa shape index (κ3) is 1.72. The minimum Gasteiger partial charge on any atom is -0.263 e. The van der Waals surface area contributed by atoms with E-state index in [4.69, 9.17) is 5.26 Å². The molecule has 3 rings (SSSR count). The monoisotopic (exact) mass is 230 g/mol. The maximum absolute atomic E-state index is 8.81. The first-order valence-corrected chi connectivity index (χ1v) is 5.72. The fraction of sp³-hybridized carbons (Fsp3) is 0. The van der Waals surface area contributed by atoms with Gasteiger partial charge in [-0.25, -0.2) is 0 Å². The molecule has 0 amide bonds. The van der Waals surface area contributed by atoms with E-state index < -0.39 is 0 Å². The maximum atomic E-state index is 8.81. The van der Waals surface area contributed by atoms with Crippen LogP contribution in [0, 0.1) is 11.3 Å². The zero-order valence-electron chi connectivity index (χ0n) is 9.67. The number of hydrogen-bond donors (Lipinski definition) is 0. The number of rotatable bonds is 1. The van der Waals surface area contributed by atoms with Crippen LogP contribution in [-0.4, -0.2) is 4.98 Å². The summed E-state index contributed by atoms with van der Waals surface area (Å²) in [6, 6.07) is 17.9. The van der Waals surface area contributed by atoms with Gasteiger partial charge >= 0.3 is 0 Å². The van der Waals surface area contributed by atoms with Crippen molar-refractivity contribution < 1.29 is 0 Å². The van der Waals surface area contributed by atoms with E-state index in [9.17, 15) is 0 Å². The number of benzene rings is 2. The van der Waals surface area contributed by atoms with Gasteiger partial charge in [0.1, 0.15) is 0 Å². The second-order valence-corrected chi connectivity index (χ2v) is 4.10. The molecule has 0 aliphatic rings.